The second-order valence-corrected chi connectivity index (χ2v) is 7.63. The molecule has 12 nitrogen and oxygen atoms in total. The van der Waals surface area contributed by atoms with Crippen LogP contribution in [0.15, 0.2) is 39.5 Å². The van der Waals surface area contributed by atoms with Crippen molar-refractivity contribution in [3.8, 4) is 40.1 Å². The topological polar surface area (TPSA) is 200 Å². The van der Waals surface area contributed by atoms with Crippen molar-refractivity contribution >= 4 is 11.0 Å². The number of aliphatic hydroxyl groups is 4. The Morgan fingerprint density at radius 2 is 1.71 bits per heavy atom. The van der Waals surface area contributed by atoms with E-state index in [1.165, 1.54) is 25.3 Å². The molecule has 0 aliphatic carbocycles. The molecule has 0 radical (unpaired) electrons. The maximum Gasteiger partial charge on any atom is 0.238 e. The zero-order valence-electron chi connectivity index (χ0n) is 17.7. The number of hydrogen-bond donors (Lipinski definition) is 7. The van der Waals surface area contributed by atoms with E-state index in [1.54, 1.807) is 0 Å². The number of ether oxygens (including phenoxy) is 3. The van der Waals surface area contributed by atoms with Crippen molar-refractivity contribution in [2.75, 3.05) is 13.7 Å². The number of aromatic hydroxyl groups is 3. The molecule has 3 aromatic rings. The third-order valence-corrected chi connectivity index (χ3v) is 5.45. The van der Waals surface area contributed by atoms with E-state index in [2.05, 4.69) is 0 Å². The fraction of sp³-hybridized carbons (Fsp3) is 0.318. The van der Waals surface area contributed by atoms with E-state index in [0.717, 1.165) is 12.1 Å². The molecule has 2 heterocycles. The van der Waals surface area contributed by atoms with Crippen molar-refractivity contribution in [3.63, 3.8) is 0 Å². The van der Waals surface area contributed by atoms with Gasteiger partial charge in [-0.05, 0) is 18.2 Å². The van der Waals surface area contributed by atoms with E-state index in [9.17, 15) is 40.5 Å². The van der Waals surface area contributed by atoms with Gasteiger partial charge in [-0.15, -0.1) is 0 Å². The normalized spacial score (nSPS) is 24.8. The van der Waals surface area contributed by atoms with Crippen LogP contribution in [0.4, 0.5) is 0 Å². The minimum atomic E-state index is -1.78. The standard InChI is InChI=1S/C22H22O12/c1-31-11-4-8(2-3-10(11)25)21-19(29)17(27)15-12(32-21)5-9(24)6-13(15)33-22-20(30)18(28)16(26)14(7-23)34-22/h2-6,14,16,18,20,22-26,28-30H,7H2,1H3/t14-,16-,18-,20+,22+/m0/s1. The lowest BCUT2D eigenvalue weighted by molar-refractivity contribution is -0.277. The first-order valence-corrected chi connectivity index (χ1v) is 10.0. The molecule has 1 aromatic heterocycles. The summed E-state index contributed by atoms with van der Waals surface area (Å²) in [7, 11) is 1.32. The van der Waals surface area contributed by atoms with Crippen LogP contribution >= 0.6 is 0 Å². The van der Waals surface area contributed by atoms with Gasteiger partial charge in [-0.25, -0.2) is 0 Å². The Morgan fingerprint density at radius 1 is 0.971 bits per heavy atom. The van der Waals surface area contributed by atoms with Gasteiger partial charge in [0.1, 0.15) is 46.9 Å². The van der Waals surface area contributed by atoms with E-state index < -0.39 is 54.2 Å². The first-order valence-electron chi connectivity index (χ1n) is 10.0. The summed E-state index contributed by atoms with van der Waals surface area (Å²) in [4.78, 5) is 13.1. The highest BCUT2D eigenvalue weighted by Crippen LogP contribution is 2.39. The first-order chi connectivity index (χ1) is 16.2. The van der Waals surface area contributed by atoms with Crippen LogP contribution in [0.1, 0.15) is 0 Å². The summed E-state index contributed by atoms with van der Waals surface area (Å²) in [5.74, 6) is -1.98. The van der Waals surface area contributed by atoms with Gasteiger partial charge in [0, 0.05) is 17.7 Å². The van der Waals surface area contributed by atoms with E-state index in [4.69, 9.17) is 18.6 Å². The lowest BCUT2D eigenvalue weighted by Crippen LogP contribution is -2.60. The van der Waals surface area contributed by atoms with Gasteiger partial charge in [0.05, 0.1) is 13.7 Å². The molecule has 2 aromatic carbocycles. The van der Waals surface area contributed by atoms with Crippen molar-refractivity contribution in [2.45, 2.75) is 30.7 Å². The van der Waals surface area contributed by atoms with Crippen LogP contribution in [0.5, 0.6) is 28.7 Å². The number of hydrogen-bond acceptors (Lipinski definition) is 12. The van der Waals surface area contributed by atoms with Crippen molar-refractivity contribution in [2.24, 2.45) is 0 Å². The molecule has 1 saturated heterocycles. The van der Waals surface area contributed by atoms with E-state index in [-0.39, 0.29) is 39.5 Å². The van der Waals surface area contributed by atoms with Crippen LogP contribution in [-0.4, -0.2) is 80.2 Å². The molecule has 12 heteroatoms. The summed E-state index contributed by atoms with van der Waals surface area (Å²) in [6, 6.07) is 6.07. The fourth-order valence-electron chi connectivity index (χ4n) is 3.66. The molecule has 1 aliphatic heterocycles. The number of fused-ring (bicyclic) bond motifs is 1. The van der Waals surface area contributed by atoms with Crippen LogP contribution in [0, 0.1) is 0 Å². The van der Waals surface area contributed by atoms with E-state index >= 15 is 0 Å². The molecule has 7 N–H and O–H groups in total. The van der Waals surface area contributed by atoms with Gasteiger partial charge in [0.15, 0.2) is 17.3 Å². The van der Waals surface area contributed by atoms with Gasteiger partial charge in [0.2, 0.25) is 17.5 Å². The van der Waals surface area contributed by atoms with Gasteiger partial charge >= 0.3 is 0 Å². The largest absolute Gasteiger partial charge is 0.508 e. The number of benzene rings is 2. The van der Waals surface area contributed by atoms with E-state index in [0.29, 0.717) is 0 Å². The molecule has 1 aliphatic rings. The molecule has 0 spiro atoms. The van der Waals surface area contributed by atoms with Gasteiger partial charge in [-0.3, -0.25) is 4.79 Å². The second-order valence-electron chi connectivity index (χ2n) is 7.63. The summed E-state index contributed by atoms with van der Waals surface area (Å²) >= 11 is 0. The predicted octanol–water partition coefficient (Wildman–Crippen LogP) is -0.236. The predicted molar refractivity (Wildman–Crippen MR) is 114 cm³/mol. The number of phenols is 2. The minimum absolute atomic E-state index is 0.0576. The smallest absolute Gasteiger partial charge is 0.238 e. The van der Waals surface area contributed by atoms with Crippen LogP contribution in [0.25, 0.3) is 22.3 Å². The monoisotopic (exact) mass is 478 g/mol. The van der Waals surface area contributed by atoms with E-state index in [1.807, 2.05) is 0 Å². The van der Waals surface area contributed by atoms with Gasteiger partial charge in [-0.1, -0.05) is 0 Å². The lowest BCUT2D eigenvalue weighted by atomic mass is 9.99. The molecule has 182 valence electrons. The molecule has 0 amide bonds. The van der Waals surface area contributed by atoms with Crippen molar-refractivity contribution in [1.82, 2.24) is 0 Å². The third-order valence-electron chi connectivity index (χ3n) is 5.45. The second kappa shape index (κ2) is 9.00. The summed E-state index contributed by atoms with van der Waals surface area (Å²) in [5.41, 5.74) is -0.974. The van der Waals surface area contributed by atoms with Crippen molar-refractivity contribution in [1.29, 1.82) is 0 Å². The van der Waals surface area contributed by atoms with Crippen molar-refractivity contribution < 1.29 is 54.4 Å². The summed E-state index contributed by atoms with van der Waals surface area (Å²) in [5, 5.41) is 69.6. The zero-order chi connectivity index (χ0) is 24.7. The van der Waals surface area contributed by atoms with Gasteiger partial charge in [0.25, 0.3) is 0 Å². The summed E-state index contributed by atoms with van der Waals surface area (Å²) in [6.45, 7) is -0.700. The molecule has 1 fully saturated rings. The Hall–Kier alpha value is -3.55. The lowest BCUT2D eigenvalue weighted by Gasteiger charge is -2.39. The number of methoxy groups -OCH3 is 1. The molecule has 0 bridgehead atoms. The van der Waals surface area contributed by atoms with Gasteiger partial charge < -0.3 is 54.4 Å². The highest BCUT2D eigenvalue weighted by atomic mass is 16.7. The summed E-state index contributed by atoms with van der Waals surface area (Å²) in [6.07, 6.45) is -8.06. The molecule has 4 rings (SSSR count). The number of aliphatic hydroxyl groups excluding tert-OH is 4. The molecule has 0 saturated carbocycles. The minimum Gasteiger partial charge on any atom is -0.508 e. The Kier molecular flexibility index (Phi) is 6.25. The molecular weight excluding hydrogens is 456 g/mol. The maximum atomic E-state index is 13.1. The SMILES string of the molecule is COc1cc(-c2oc3cc(O)cc(O[C@@H]4O[C@@H](CO)[C@H](O)[C@H](O)[C@H]4O)c3c(=O)c2O)ccc1O. The average molecular weight is 478 g/mol. The Bertz CT molecular complexity index is 1270. The molecular formula is C22H22O12. The maximum absolute atomic E-state index is 13.1. The Balaban J connectivity index is 1.81. The molecule has 5 atom stereocenters. The Labute approximate surface area is 191 Å². The Morgan fingerprint density at radius 3 is 2.38 bits per heavy atom. The highest BCUT2D eigenvalue weighted by Gasteiger charge is 2.45. The fourth-order valence-corrected chi connectivity index (χ4v) is 3.66. The third kappa shape index (κ3) is 3.97. The van der Waals surface area contributed by atoms with Crippen LogP contribution in [-0.2, 0) is 4.74 Å². The average Bonchev–Trinajstić information content (AvgIpc) is 2.81. The van der Waals surface area contributed by atoms with Crippen molar-refractivity contribution in [3.05, 3.63) is 40.6 Å². The zero-order valence-corrected chi connectivity index (χ0v) is 17.7. The summed E-state index contributed by atoms with van der Waals surface area (Å²) < 4.78 is 21.5. The molecule has 34 heavy (non-hydrogen) atoms. The first kappa shape index (κ1) is 23.6. The van der Waals surface area contributed by atoms with Crippen LogP contribution in [0.3, 0.4) is 0 Å². The van der Waals surface area contributed by atoms with Crippen LogP contribution < -0.4 is 14.9 Å². The number of phenolic OH excluding ortho intramolecular Hbond substituents is 2. The van der Waals surface area contributed by atoms with Gasteiger partial charge in [-0.2, -0.15) is 0 Å². The highest BCUT2D eigenvalue weighted by molar-refractivity contribution is 5.88. The quantitative estimate of drug-likeness (QED) is 0.254. The molecule has 0 unspecified atom stereocenters. The van der Waals surface area contributed by atoms with Crippen LogP contribution in [0.2, 0.25) is 0 Å². The number of rotatable bonds is 5.